The van der Waals surface area contributed by atoms with E-state index in [1.807, 2.05) is 0 Å². The van der Waals surface area contributed by atoms with Gasteiger partial charge in [0.25, 0.3) is 5.60 Å². The lowest BCUT2D eigenvalue weighted by Crippen LogP contribution is -2.60. The summed E-state index contributed by atoms with van der Waals surface area (Å²) in [4.78, 5) is 24.4. The third-order valence-corrected chi connectivity index (χ3v) is 5.01. The molecule has 1 aliphatic rings. The van der Waals surface area contributed by atoms with Crippen LogP contribution in [-0.4, -0.2) is 41.6 Å². The summed E-state index contributed by atoms with van der Waals surface area (Å²) in [5.41, 5.74) is -7.29. The summed E-state index contributed by atoms with van der Waals surface area (Å²) in [5, 5.41) is 9.40. The van der Waals surface area contributed by atoms with Crippen molar-refractivity contribution in [3.05, 3.63) is 34.4 Å². The van der Waals surface area contributed by atoms with E-state index in [0.29, 0.717) is 0 Å². The number of hydrogen-bond donors (Lipinski definition) is 1. The minimum atomic E-state index is -6.09. The molecule has 1 aromatic carbocycles. The number of esters is 2. The Morgan fingerprint density at radius 1 is 1.06 bits per heavy atom. The van der Waals surface area contributed by atoms with Crippen LogP contribution in [0.15, 0.2) is 12.2 Å². The van der Waals surface area contributed by atoms with Crippen LogP contribution in [0.2, 0.25) is 0 Å². The van der Waals surface area contributed by atoms with E-state index in [4.69, 9.17) is 14.2 Å². The molecule has 2 bridgehead atoms. The van der Waals surface area contributed by atoms with Crippen LogP contribution in [0.5, 0.6) is 11.5 Å². The van der Waals surface area contributed by atoms with E-state index in [9.17, 15) is 41.0 Å². The molecule has 0 saturated heterocycles. The zero-order chi connectivity index (χ0) is 25.0. The van der Waals surface area contributed by atoms with E-state index < -0.39 is 42.1 Å². The Hall–Kier alpha value is -2.60. The van der Waals surface area contributed by atoms with Gasteiger partial charge in [-0.25, -0.2) is 9.59 Å². The normalized spacial score (nSPS) is 14.4. The molecule has 1 N–H and O–H groups in total. The zero-order valence-electron chi connectivity index (χ0n) is 17.7. The van der Waals surface area contributed by atoms with Crippen LogP contribution >= 0.6 is 0 Å². The Kier molecular flexibility index (Phi) is 6.23. The smallest absolute Gasteiger partial charge is 0.419 e. The molecular weight excluding hydrogens is 450 g/mol. The van der Waals surface area contributed by atoms with Gasteiger partial charge in [0, 0.05) is 22.3 Å². The Labute approximate surface area is 178 Å². The molecule has 0 fully saturated rings. The molecule has 12 heteroatoms. The summed E-state index contributed by atoms with van der Waals surface area (Å²) in [6.07, 6.45) is -12.2. The number of aliphatic hydroxyl groups is 1. The molecule has 0 atom stereocenters. The lowest BCUT2D eigenvalue weighted by molar-refractivity contribution is -0.382. The Bertz CT molecular complexity index is 976. The maximum absolute atomic E-state index is 13.0. The number of alkyl halides is 6. The van der Waals surface area contributed by atoms with Crippen LogP contribution in [0, 0.1) is 13.8 Å². The SMILES string of the molecule is C=C(C)C(=O)Oc1c(C)c(C(C)(C)OCC(O)(C(F)(F)F)C(F)(F)F)c2c(C)c1OC2=O. The predicted molar refractivity (Wildman–Crippen MR) is 97.4 cm³/mol. The van der Waals surface area contributed by atoms with Crippen molar-refractivity contribution in [3.8, 4) is 11.5 Å². The summed E-state index contributed by atoms with van der Waals surface area (Å²) in [5.74, 6) is -2.21. The molecule has 0 saturated carbocycles. The van der Waals surface area contributed by atoms with Crippen molar-refractivity contribution in [3.63, 3.8) is 0 Å². The van der Waals surface area contributed by atoms with Crippen LogP contribution in [0.4, 0.5) is 26.3 Å². The fourth-order valence-corrected chi connectivity index (χ4v) is 3.20. The molecule has 1 aromatic rings. The van der Waals surface area contributed by atoms with Gasteiger partial charge in [0.05, 0.1) is 17.8 Å². The van der Waals surface area contributed by atoms with E-state index in [1.165, 1.54) is 20.8 Å². The maximum atomic E-state index is 13.0. The number of carbonyl (C=O) groups excluding carboxylic acids is 2. The van der Waals surface area contributed by atoms with Crippen molar-refractivity contribution in [2.24, 2.45) is 0 Å². The molecule has 1 heterocycles. The first-order valence-electron chi connectivity index (χ1n) is 9.03. The molecule has 0 amide bonds. The van der Waals surface area contributed by atoms with Crippen LogP contribution in [-0.2, 0) is 15.1 Å². The van der Waals surface area contributed by atoms with Gasteiger partial charge < -0.3 is 19.3 Å². The van der Waals surface area contributed by atoms with Gasteiger partial charge >= 0.3 is 24.3 Å². The molecule has 1 aliphatic heterocycles. The molecule has 6 nitrogen and oxygen atoms in total. The van der Waals surface area contributed by atoms with Crippen LogP contribution in [0.1, 0.15) is 47.8 Å². The Morgan fingerprint density at radius 3 is 2.00 bits per heavy atom. The highest BCUT2D eigenvalue weighted by molar-refractivity contribution is 6.02. The fraction of sp³-hybridized carbons (Fsp3) is 0.500. The van der Waals surface area contributed by atoms with E-state index in [-0.39, 0.29) is 39.3 Å². The Morgan fingerprint density at radius 2 is 1.56 bits per heavy atom. The van der Waals surface area contributed by atoms with Crippen molar-refractivity contribution in [2.45, 2.75) is 58.2 Å². The summed E-state index contributed by atoms with van der Waals surface area (Å²) in [6, 6.07) is 0. The van der Waals surface area contributed by atoms with Crippen LogP contribution < -0.4 is 9.47 Å². The van der Waals surface area contributed by atoms with Crippen molar-refractivity contribution >= 4 is 11.9 Å². The first-order valence-corrected chi connectivity index (χ1v) is 9.03. The molecule has 2 rings (SSSR count). The summed E-state index contributed by atoms with van der Waals surface area (Å²) in [6.45, 7) is 7.48. The van der Waals surface area contributed by atoms with E-state index in [1.54, 1.807) is 0 Å². The third kappa shape index (κ3) is 4.08. The average Bonchev–Trinajstić information content (AvgIpc) is 2.83. The van der Waals surface area contributed by atoms with Gasteiger partial charge in [-0.1, -0.05) is 6.58 Å². The highest BCUT2D eigenvalue weighted by Gasteiger charge is 2.71. The summed E-state index contributed by atoms with van der Waals surface area (Å²) >= 11 is 0. The molecule has 0 aliphatic carbocycles. The number of carbonyl (C=O) groups is 2. The monoisotopic (exact) mass is 470 g/mol. The standard InChI is InChI=1S/C20H20F6O6/c1-8(2)15(27)31-14-10(4)12(11-9(3)13(14)32-16(11)28)17(5,6)30-7-18(29,19(21,22)23)20(24,25)26/h29H,1,7H2,2-6H3. The number of halogens is 6. The molecule has 0 aromatic heterocycles. The highest BCUT2D eigenvalue weighted by Crippen LogP contribution is 2.50. The van der Waals surface area contributed by atoms with Gasteiger partial charge in [0.2, 0.25) is 0 Å². The lowest BCUT2D eigenvalue weighted by atomic mass is 9.86. The number of ether oxygens (including phenoxy) is 3. The van der Waals surface area contributed by atoms with Gasteiger partial charge in [-0.2, -0.15) is 26.3 Å². The predicted octanol–water partition coefficient (Wildman–Crippen LogP) is 4.42. The largest absolute Gasteiger partial charge is 0.428 e. The fourth-order valence-electron chi connectivity index (χ4n) is 3.20. The van der Waals surface area contributed by atoms with Gasteiger partial charge in [-0.3, -0.25) is 0 Å². The van der Waals surface area contributed by atoms with Crippen molar-refractivity contribution in [1.29, 1.82) is 0 Å². The molecule has 178 valence electrons. The second-order valence-corrected chi connectivity index (χ2v) is 7.87. The second kappa shape index (κ2) is 7.77. The molecule has 0 unspecified atom stereocenters. The first-order chi connectivity index (χ1) is 14.3. The summed E-state index contributed by atoms with van der Waals surface area (Å²) in [7, 11) is 0. The van der Waals surface area contributed by atoms with E-state index in [0.717, 1.165) is 13.8 Å². The Balaban J connectivity index is 2.59. The van der Waals surface area contributed by atoms with Crippen molar-refractivity contribution in [1.82, 2.24) is 0 Å². The third-order valence-electron chi connectivity index (χ3n) is 5.01. The lowest BCUT2D eigenvalue weighted by Gasteiger charge is -2.36. The number of fused-ring (bicyclic) bond motifs is 2. The molecular formula is C20H20F6O6. The topological polar surface area (TPSA) is 82.1 Å². The van der Waals surface area contributed by atoms with E-state index >= 15 is 0 Å². The minimum absolute atomic E-state index is 0.0138. The van der Waals surface area contributed by atoms with Gasteiger partial charge in [-0.15, -0.1) is 0 Å². The first kappa shape index (κ1) is 25.7. The zero-order valence-corrected chi connectivity index (χ0v) is 17.7. The molecule has 0 spiro atoms. The number of rotatable bonds is 6. The number of benzene rings is 1. The highest BCUT2D eigenvalue weighted by atomic mass is 19.4. The quantitative estimate of drug-likeness (QED) is 0.287. The number of hydrogen-bond acceptors (Lipinski definition) is 6. The van der Waals surface area contributed by atoms with Crippen molar-refractivity contribution in [2.75, 3.05) is 6.61 Å². The average molecular weight is 470 g/mol. The van der Waals surface area contributed by atoms with Crippen LogP contribution in [0.25, 0.3) is 0 Å². The maximum Gasteiger partial charge on any atom is 0.428 e. The second-order valence-electron chi connectivity index (χ2n) is 7.87. The van der Waals surface area contributed by atoms with Gasteiger partial charge in [0.1, 0.15) is 0 Å². The molecule has 32 heavy (non-hydrogen) atoms. The van der Waals surface area contributed by atoms with Gasteiger partial charge in [-0.05, 0) is 34.6 Å². The summed E-state index contributed by atoms with van der Waals surface area (Å²) < 4.78 is 93.4. The van der Waals surface area contributed by atoms with Crippen LogP contribution in [0.3, 0.4) is 0 Å². The van der Waals surface area contributed by atoms with Gasteiger partial charge in [0.15, 0.2) is 11.5 Å². The van der Waals surface area contributed by atoms with E-state index in [2.05, 4.69) is 6.58 Å². The molecule has 0 radical (unpaired) electrons. The van der Waals surface area contributed by atoms with Crippen molar-refractivity contribution < 1.29 is 55.2 Å². The minimum Gasteiger partial charge on any atom is -0.419 e.